The van der Waals surface area contributed by atoms with Crippen LogP contribution in [0.5, 0.6) is 5.75 Å². The molecule has 9 heteroatoms. The van der Waals surface area contributed by atoms with Crippen LogP contribution in [0.25, 0.3) is 0 Å². The van der Waals surface area contributed by atoms with Crippen molar-refractivity contribution >= 4 is 23.3 Å². The van der Waals surface area contributed by atoms with E-state index in [4.69, 9.17) is 14.2 Å². The number of allylic oxidation sites excluding steroid dienone is 2. The van der Waals surface area contributed by atoms with E-state index < -0.39 is 17.9 Å². The van der Waals surface area contributed by atoms with Crippen molar-refractivity contribution in [2.24, 2.45) is 0 Å². The Hall–Kier alpha value is -3.82. The number of carbonyl (C=O) groups excluding carboxylic acids is 2. The third kappa shape index (κ3) is 5.16. The minimum absolute atomic E-state index is 0.0422. The van der Waals surface area contributed by atoms with Crippen LogP contribution in [0.2, 0.25) is 0 Å². The van der Waals surface area contributed by atoms with Crippen molar-refractivity contribution in [2.75, 3.05) is 30.4 Å². The molecular weight excluding hydrogens is 452 g/mol. The van der Waals surface area contributed by atoms with Crippen molar-refractivity contribution in [3.63, 3.8) is 0 Å². The highest BCUT2D eigenvalue weighted by molar-refractivity contribution is 6.01. The third-order valence-electron chi connectivity index (χ3n) is 5.75. The van der Waals surface area contributed by atoms with Gasteiger partial charge in [0, 0.05) is 23.1 Å². The lowest BCUT2D eigenvalue weighted by Crippen LogP contribution is -2.35. The van der Waals surface area contributed by atoms with Crippen LogP contribution in [0.1, 0.15) is 39.2 Å². The Morgan fingerprint density at radius 2 is 1.54 bits per heavy atom. The van der Waals surface area contributed by atoms with E-state index >= 15 is 0 Å². The van der Waals surface area contributed by atoms with E-state index in [9.17, 15) is 20.0 Å². The van der Waals surface area contributed by atoms with Crippen LogP contribution in [-0.4, -0.2) is 37.5 Å². The second kappa shape index (κ2) is 11.1. The van der Waals surface area contributed by atoms with Gasteiger partial charge in [0.1, 0.15) is 5.75 Å². The number of hydrogen-bond acceptors (Lipinski definition) is 9. The van der Waals surface area contributed by atoms with E-state index in [-0.39, 0.29) is 35.3 Å². The summed E-state index contributed by atoms with van der Waals surface area (Å²) in [6.45, 7) is 7.18. The standard InChI is InChI=1S/C26H29N2O7/c1-6-34-25(29)22-16(3)27(19-11-9-13-21(15-19)33-5)17(4)23(26(30)35-7-2)24(22)18-10-8-12-20(14-18)28(31)32/h8-15,24,31H,6-7H2,1-5H3/q-1. The summed E-state index contributed by atoms with van der Waals surface area (Å²) in [6, 6.07) is 13.3. The first-order valence-corrected chi connectivity index (χ1v) is 11.2. The Labute approximate surface area is 204 Å². The number of ether oxygens (including phenoxy) is 3. The molecule has 0 fully saturated rings. The van der Waals surface area contributed by atoms with Crippen LogP contribution in [-0.2, 0) is 19.1 Å². The Morgan fingerprint density at radius 1 is 0.971 bits per heavy atom. The maximum atomic E-state index is 13.3. The molecule has 1 N–H and O–H groups in total. The Bertz CT molecular complexity index is 1130. The summed E-state index contributed by atoms with van der Waals surface area (Å²) in [5.74, 6) is -1.50. The molecule has 9 nitrogen and oxygen atoms in total. The highest BCUT2D eigenvalue weighted by Gasteiger charge is 2.41. The van der Waals surface area contributed by atoms with Crippen molar-refractivity contribution in [3.8, 4) is 5.75 Å². The molecule has 0 amide bonds. The van der Waals surface area contributed by atoms with Gasteiger partial charge < -0.3 is 29.5 Å². The molecule has 0 saturated heterocycles. The summed E-state index contributed by atoms with van der Waals surface area (Å²) in [4.78, 5) is 28.4. The zero-order valence-corrected chi connectivity index (χ0v) is 20.4. The number of benzene rings is 2. The summed E-state index contributed by atoms with van der Waals surface area (Å²) < 4.78 is 16.1. The number of methoxy groups -OCH3 is 1. The lowest BCUT2D eigenvalue weighted by atomic mass is 9.79. The van der Waals surface area contributed by atoms with Crippen molar-refractivity contribution in [2.45, 2.75) is 33.6 Å². The van der Waals surface area contributed by atoms with E-state index in [1.54, 1.807) is 64.0 Å². The molecular formula is C26H29N2O7-. The Morgan fingerprint density at radius 3 is 2.06 bits per heavy atom. The topological polar surface area (TPSA) is 112 Å². The van der Waals surface area contributed by atoms with Gasteiger partial charge in [-0.15, -0.1) is 0 Å². The SMILES string of the molecule is CCOC(=O)C1=C(C)N(c2cccc(OC)c2)C(C)=C(C(=O)OCC)C1c1cccc(N([O-])O)c1. The lowest BCUT2D eigenvalue weighted by molar-refractivity contribution is -0.139. The Balaban J connectivity index is 2.34. The van der Waals surface area contributed by atoms with Gasteiger partial charge in [0.25, 0.3) is 0 Å². The van der Waals surface area contributed by atoms with Gasteiger partial charge in [-0.1, -0.05) is 18.2 Å². The highest BCUT2D eigenvalue weighted by Crippen LogP contribution is 2.45. The van der Waals surface area contributed by atoms with Crippen LogP contribution in [0.15, 0.2) is 71.1 Å². The first kappa shape index (κ1) is 25.8. The summed E-state index contributed by atoms with van der Waals surface area (Å²) in [5, 5.41) is 20.8. The van der Waals surface area contributed by atoms with Gasteiger partial charge in [-0.2, -0.15) is 0 Å². The molecule has 0 aromatic heterocycles. The largest absolute Gasteiger partial charge is 0.733 e. The minimum atomic E-state index is -0.894. The summed E-state index contributed by atoms with van der Waals surface area (Å²) in [7, 11) is 1.55. The Kier molecular flexibility index (Phi) is 8.16. The van der Waals surface area contributed by atoms with E-state index in [0.717, 1.165) is 0 Å². The van der Waals surface area contributed by atoms with Gasteiger partial charge in [-0.05, 0) is 57.5 Å². The van der Waals surface area contributed by atoms with Gasteiger partial charge in [-0.25, -0.2) is 9.59 Å². The highest BCUT2D eigenvalue weighted by atomic mass is 16.8. The molecule has 35 heavy (non-hydrogen) atoms. The van der Waals surface area contributed by atoms with Crippen molar-refractivity contribution in [3.05, 3.63) is 81.8 Å². The number of hydrogen-bond donors (Lipinski definition) is 1. The second-order valence-corrected chi connectivity index (χ2v) is 7.78. The third-order valence-corrected chi connectivity index (χ3v) is 5.75. The molecule has 186 valence electrons. The molecule has 1 aliphatic heterocycles. The molecule has 3 rings (SSSR count). The molecule has 0 unspecified atom stereocenters. The van der Waals surface area contributed by atoms with Crippen LogP contribution in [0.4, 0.5) is 11.4 Å². The quantitative estimate of drug-likeness (QED) is 0.425. The molecule has 0 radical (unpaired) electrons. The molecule has 0 aliphatic carbocycles. The maximum Gasteiger partial charge on any atom is 0.336 e. The monoisotopic (exact) mass is 481 g/mol. The summed E-state index contributed by atoms with van der Waals surface area (Å²) >= 11 is 0. The van der Waals surface area contributed by atoms with E-state index in [2.05, 4.69) is 0 Å². The smallest absolute Gasteiger partial charge is 0.336 e. The van der Waals surface area contributed by atoms with Gasteiger partial charge in [-0.3, -0.25) is 5.21 Å². The van der Waals surface area contributed by atoms with Gasteiger partial charge in [0.15, 0.2) is 0 Å². The van der Waals surface area contributed by atoms with Gasteiger partial charge >= 0.3 is 11.9 Å². The first-order valence-electron chi connectivity index (χ1n) is 11.2. The fraction of sp³-hybridized carbons (Fsp3) is 0.308. The number of anilines is 2. The molecule has 0 atom stereocenters. The molecule has 0 spiro atoms. The summed E-state index contributed by atoms with van der Waals surface area (Å²) in [6.07, 6.45) is 0. The zero-order chi connectivity index (χ0) is 25.7. The maximum absolute atomic E-state index is 13.3. The lowest BCUT2D eigenvalue weighted by Gasteiger charge is -2.38. The van der Waals surface area contributed by atoms with Gasteiger partial charge in [0.05, 0.1) is 43.1 Å². The normalized spacial score (nSPS) is 14.2. The van der Waals surface area contributed by atoms with Crippen LogP contribution in [0, 0.1) is 5.21 Å². The molecule has 0 bridgehead atoms. The van der Waals surface area contributed by atoms with Crippen LogP contribution >= 0.6 is 0 Å². The van der Waals surface area contributed by atoms with Crippen molar-refractivity contribution in [1.82, 2.24) is 0 Å². The second-order valence-electron chi connectivity index (χ2n) is 7.78. The predicted molar refractivity (Wildman–Crippen MR) is 131 cm³/mol. The number of rotatable bonds is 8. The van der Waals surface area contributed by atoms with E-state index in [0.29, 0.717) is 28.4 Å². The number of esters is 2. The van der Waals surface area contributed by atoms with Gasteiger partial charge in [0.2, 0.25) is 0 Å². The number of nitrogens with zero attached hydrogens (tertiary/aromatic N) is 2. The van der Waals surface area contributed by atoms with E-state index in [1.165, 1.54) is 12.1 Å². The molecule has 1 aliphatic rings. The molecule has 2 aromatic carbocycles. The first-order chi connectivity index (χ1) is 16.7. The zero-order valence-electron chi connectivity index (χ0n) is 20.4. The van der Waals surface area contributed by atoms with Crippen LogP contribution in [0.3, 0.4) is 0 Å². The van der Waals surface area contributed by atoms with Crippen molar-refractivity contribution in [1.29, 1.82) is 0 Å². The minimum Gasteiger partial charge on any atom is -0.733 e. The molecule has 1 heterocycles. The summed E-state index contributed by atoms with van der Waals surface area (Å²) in [5.41, 5.74) is 2.61. The fourth-order valence-electron chi connectivity index (χ4n) is 4.30. The molecule has 2 aromatic rings. The van der Waals surface area contributed by atoms with Crippen LogP contribution < -0.4 is 14.9 Å². The average Bonchev–Trinajstić information content (AvgIpc) is 2.84. The fourth-order valence-corrected chi connectivity index (χ4v) is 4.30. The predicted octanol–water partition coefficient (Wildman–Crippen LogP) is 4.67. The average molecular weight is 482 g/mol. The molecule has 0 saturated carbocycles. The van der Waals surface area contributed by atoms with E-state index in [1.807, 2.05) is 12.1 Å². The number of carbonyl (C=O) groups is 2. The van der Waals surface area contributed by atoms with Crippen molar-refractivity contribution < 1.29 is 29.0 Å².